The Hall–Kier alpha value is -0.683. The molecular weight excluding hydrogens is 324 g/mol. The van der Waals surface area contributed by atoms with E-state index in [2.05, 4.69) is 49.8 Å². The molecule has 1 rings (SSSR count). The molecule has 19 heavy (non-hydrogen) atoms. The van der Waals surface area contributed by atoms with Crippen molar-refractivity contribution in [1.82, 2.24) is 0 Å². The number of benzene rings is 1. The monoisotopic (exact) mass is 346 g/mol. The van der Waals surface area contributed by atoms with Crippen LogP contribution in [0.2, 0.25) is 18.1 Å². The largest absolute Gasteiger partial charge is 0.541 e. The first kappa shape index (κ1) is 16.4. The van der Waals surface area contributed by atoms with Crippen molar-refractivity contribution in [2.45, 2.75) is 38.9 Å². The van der Waals surface area contributed by atoms with Gasteiger partial charge in [-0.25, -0.2) is 0 Å². The highest BCUT2D eigenvalue weighted by molar-refractivity contribution is 9.10. The number of hydrogen-bond acceptors (Lipinski definition) is 3. The molecule has 0 aromatic heterocycles. The van der Waals surface area contributed by atoms with E-state index in [0.717, 1.165) is 21.7 Å². The molecule has 0 aliphatic carbocycles. The summed E-state index contributed by atoms with van der Waals surface area (Å²) in [7, 11) is 1.39. The van der Waals surface area contributed by atoms with Crippen LogP contribution in [-0.4, -0.2) is 22.5 Å². The number of methoxy groups -OCH3 is 2. The second-order valence-corrected chi connectivity index (χ2v) is 11.6. The third kappa shape index (κ3) is 3.66. The first-order chi connectivity index (χ1) is 8.62. The summed E-state index contributed by atoms with van der Waals surface area (Å²) >= 11 is 3.45. The quantitative estimate of drug-likeness (QED) is 0.729. The van der Waals surface area contributed by atoms with Crippen LogP contribution in [0.5, 0.6) is 17.2 Å². The lowest BCUT2D eigenvalue weighted by Gasteiger charge is -2.36. The Labute approximate surface area is 125 Å². The van der Waals surface area contributed by atoms with Crippen molar-refractivity contribution in [3.8, 4) is 17.2 Å². The highest BCUT2D eigenvalue weighted by Gasteiger charge is 2.39. The van der Waals surface area contributed by atoms with Crippen molar-refractivity contribution in [3.05, 3.63) is 16.6 Å². The minimum Gasteiger partial charge on any atom is -0.541 e. The summed E-state index contributed by atoms with van der Waals surface area (Å²) in [4.78, 5) is 0. The second kappa shape index (κ2) is 5.75. The van der Waals surface area contributed by atoms with Gasteiger partial charge < -0.3 is 13.9 Å². The van der Waals surface area contributed by atoms with Gasteiger partial charge in [-0.1, -0.05) is 20.8 Å². The van der Waals surface area contributed by atoms with E-state index >= 15 is 0 Å². The molecular formula is C14H23BrO3Si. The molecule has 0 radical (unpaired) electrons. The van der Waals surface area contributed by atoms with Crippen LogP contribution in [0.4, 0.5) is 0 Å². The van der Waals surface area contributed by atoms with Crippen molar-refractivity contribution >= 4 is 24.2 Å². The molecule has 108 valence electrons. The van der Waals surface area contributed by atoms with Gasteiger partial charge in [0.2, 0.25) is 0 Å². The van der Waals surface area contributed by atoms with Crippen LogP contribution >= 0.6 is 15.9 Å². The fourth-order valence-electron chi connectivity index (χ4n) is 1.34. The molecule has 0 fully saturated rings. The maximum absolute atomic E-state index is 6.30. The first-order valence-corrected chi connectivity index (χ1v) is 9.93. The van der Waals surface area contributed by atoms with Gasteiger partial charge in [-0.3, -0.25) is 0 Å². The predicted octanol–water partition coefficient (Wildman–Crippen LogP) is 4.85. The zero-order valence-corrected chi connectivity index (χ0v) is 15.3. The number of rotatable bonds is 4. The van der Waals surface area contributed by atoms with Crippen molar-refractivity contribution in [1.29, 1.82) is 0 Å². The summed E-state index contributed by atoms with van der Waals surface area (Å²) in [5.74, 6) is 2.21. The molecule has 0 aliphatic heterocycles. The zero-order valence-electron chi connectivity index (χ0n) is 12.8. The molecule has 0 atom stereocenters. The Balaban J connectivity index is 3.20. The average molecular weight is 347 g/mol. The Bertz CT molecular complexity index is 453. The van der Waals surface area contributed by atoms with Crippen LogP contribution in [0.3, 0.4) is 0 Å². The fourth-order valence-corrected chi connectivity index (χ4v) is 2.84. The van der Waals surface area contributed by atoms with E-state index in [-0.39, 0.29) is 5.04 Å². The first-order valence-electron chi connectivity index (χ1n) is 6.23. The standard InChI is InChI=1S/C14H23BrO3Si/c1-14(2,3)19(6,7)18-13-9-11(16-4)10(15)8-12(13)17-5/h8-9H,1-7H3. The lowest BCUT2D eigenvalue weighted by Crippen LogP contribution is -2.43. The summed E-state index contributed by atoms with van der Waals surface area (Å²) in [6, 6.07) is 3.75. The van der Waals surface area contributed by atoms with Gasteiger partial charge in [-0.2, -0.15) is 0 Å². The Kier molecular flexibility index (Phi) is 4.95. The Morgan fingerprint density at radius 2 is 1.47 bits per heavy atom. The number of hydrogen-bond donors (Lipinski definition) is 0. The Morgan fingerprint density at radius 3 is 1.89 bits per heavy atom. The van der Waals surface area contributed by atoms with Crippen molar-refractivity contribution < 1.29 is 13.9 Å². The second-order valence-electron chi connectivity index (χ2n) is 6.00. The van der Waals surface area contributed by atoms with Gasteiger partial charge in [0.1, 0.15) is 11.5 Å². The maximum Gasteiger partial charge on any atom is 0.250 e. The topological polar surface area (TPSA) is 27.7 Å². The van der Waals surface area contributed by atoms with Crippen LogP contribution in [0.15, 0.2) is 16.6 Å². The molecule has 0 spiro atoms. The van der Waals surface area contributed by atoms with Gasteiger partial charge in [0.25, 0.3) is 8.32 Å². The van der Waals surface area contributed by atoms with Gasteiger partial charge in [0.15, 0.2) is 5.75 Å². The molecule has 0 bridgehead atoms. The number of ether oxygens (including phenoxy) is 2. The molecule has 1 aromatic carbocycles. The van der Waals surface area contributed by atoms with Gasteiger partial charge in [0, 0.05) is 12.1 Å². The lowest BCUT2D eigenvalue weighted by atomic mass is 10.2. The van der Waals surface area contributed by atoms with E-state index in [1.54, 1.807) is 14.2 Å². The minimum atomic E-state index is -1.90. The van der Waals surface area contributed by atoms with Gasteiger partial charge >= 0.3 is 0 Å². The van der Waals surface area contributed by atoms with Crippen LogP contribution in [-0.2, 0) is 0 Å². The van der Waals surface area contributed by atoms with Crippen molar-refractivity contribution in [2.24, 2.45) is 0 Å². The van der Waals surface area contributed by atoms with Crippen LogP contribution in [0.1, 0.15) is 20.8 Å². The molecule has 3 nitrogen and oxygen atoms in total. The summed E-state index contributed by atoms with van der Waals surface area (Å²) in [6.07, 6.45) is 0. The smallest absolute Gasteiger partial charge is 0.250 e. The van der Waals surface area contributed by atoms with Crippen molar-refractivity contribution in [3.63, 3.8) is 0 Å². The van der Waals surface area contributed by atoms with E-state index in [1.165, 1.54) is 0 Å². The third-order valence-electron chi connectivity index (χ3n) is 3.61. The zero-order chi connectivity index (χ0) is 14.8. The molecule has 0 unspecified atom stereocenters. The van der Waals surface area contributed by atoms with E-state index in [0.29, 0.717) is 0 Å². The molecule has 0 saturated carbocycles. The Morgan fingerprint density at radius 1 is 0.947 bits per heavy atom. The van der Waals surface area contributed by atoms with E-state index in [4.69, 9.17) is 13.9 Å². The maximum atomic E-state index is 6.30. The lowest BCUT2D eigenvalue weighted by molar-refractivity contribution is 0.376. The van der Waals surface area contributed by atoms with Gasteiger partial charge in [-0.15, -0.1) is 0 Å². The molecule has 0 amide bonds. The summed E-state index contributed by atoms with van der Waals surface area (Å²) in [6.45, 7) is 11.0. The molecule has 1 aromatic rings. The van der Waals surface area contributed by atoms with Crippen LogP contribution < -0.4 is 13.9 Å². The number of halogens is 1. The van der Waals surface area contributed by atoms with E-state index in [1.807, 2.05) is 12.1 Å². The van der Waals surface area contributed by atoms with Gasteiger partial charge in [-0.05, 0) is 34.1 Å². The normalized spacial score (nSPS) is 12.2. The van der Waals surface area contributed by atoms with Crippen LogP contribution in [0, 0.1) is 0 Å². The molecule has 5 heteroatoms. The minimum absolute atomic E-state index is 0.137. The van der Waals surface area contributed by atoms with E-state index in [9.17, 15) is 0 Å². The summed E-state index contributed by atoms with van der Waals surface area (Å²) < 4.78 is 17.9. The van der Waals surface area contributed by atoms with Crippen molar-refractivity contribution in [2.75, 3.05) is 14.2 Å². The highest BCUT2D eigenvalue weighted by atomic mass is 79.9. The molecule has 0 saturated heterocycles. The predicted molar refractivity (Wildman–Crippen MR) is 85.1 cm³/mol. The molecule has 0 heterocycles. The average Bonchev–Trinajstić information content (AvgIpc) is 2.29. The highest BCUT2D eigenvalue weighted by Crippen LogP contribution is 2.43. The summed E-state index contributed by atoms with van der Waals surface area (Å²) in [5.41, 5.74) is 0. The van der Waals surface area contributed by atoms with Crippen LogP contribution in [0.25, 0.3) is 0 Å². The van der Waals surface area contributed by atoms with E-state index < -0.39 is 8.32 Å². The SMILES string of the molecule is COc1cc(O[Si](C)(C)C(C)(C)C)c(OC)cc1Br. The summed E-state index contributed by atoms with van der Waals surface area (Å²) in [5, 5.41) is 0.137. The fraction of sp³-hybridized carbons (Fsp3) is 0.571. The molecule has 0 N–H and O–H groups in total. The molecule has 0 aliphatic rings. The van der Waals surface area contributed by atoms with Gasteiger partial charge in [0.05, 0.1) is 18.7 Å². The third-order valence-corrected chi connectivity index (χ3v) is 8.57.